The third kappa shape index (κ3) is 3.84. The zero-order valence-corrected chi connectivity index (χ0v) is 16.6. The standard InChI is InChI=1S/C23H24N6O/c30-22-19(13-17-14-25-21-18(17)9-6-10-24-21)26-23(28-22)27-20(15-29-11-4-5-12-29)16-7-2-1-3-8-16/h1-3,6-10,13-14,20,30H,4-5,11-12,15H2,(H2,26,27,28)/t20-/m1/s1. The minimum Gasteiger partial charge on any atom is -0.492 e. The van der Waals surface area contributed by atoms with Gasteiger partial charge in [-0.2, -0.15) is 4.98 Å². The lowest BCUT2D eigenvalue weighted by atomic mass is 10.1. The van der Waals surface area contributed by atoms with Crippen LogP contribution in [0.25, 0.3) is 11.6 Å². The van der Waals surface area contributed by atoms with Crippen molar-refractivity contribution in [1.82, 2.24) is 19.9 Å². The number of hydrogen-bond acceptors (Lipinski definition) is 6. The number of anilines is 1. The van der Waals surface area contributed by atoms with Gasteiger partial charge in [0.05, 0.1) is 6.04 Å². The zero-order chi connectivity index (χ0) is 20.3. The summed E-state index contributed by atoms with van der Waals surface area (Å²) in [5, 5.41) is 13.9. The van der Waals surface area contributed by atoms with E-state index in [2.05, 4.69) is 42.3 Å². The van der Waals surface area contributed by atoms with Crippen LogP contribution >= 0.6 is 0 Å². The van der Waals surface area contributed by atoms with Crippen LogP contribution in [0.1, 0.15) is 35.7 Å². The molecule has 1 saturated heterocycles. The number of benzene rings is 1. The molecule has 2 aliphatic heterocycles. The van der Waals surface area contributed by atoms with Crippen LogP contribution in [-0.4, -0.2) is 50.8 Å². The van der Waals surface area contributed by atoms with Crippen molar-refractivity contribution >= 4 is 29.6 Å². The largest absolute Gasteiger partial charge is 0.492 e. The number of aromatic hydroxyl groups is 1. The van der Waals surface area contributed by atoms with Crippen LogP contribution in [0.3, 0.4) is 0 Å². The fraction of sp³-hybridized carbons (Fsp3) is 0.261. The Balaban J connectivity index is 1.39. The molecule has 1 fully saturated rings. The summed E-state index contributed by atoms with van der Waals surface area (Å²) >= 11 is 0. The lowest BCUT2D eigenvalue weighted by molar-refractivity contribution is 0.323. The summed E-state index contributed by atoms with van der Waals surface area (Å²) in [7, 11) is 0. The highest BCUT2D eigenvalue weighted by Gasteiger charge is 2.21. The summed E-state index contributed by atoms with van der Waals surface area (Å²) in [6.45, 7) is 3.14. The molecule has 4 heterocycles. The second-order valence-electron chi connectivity index (χ2n) is 7.67. The van der Waals surface area contributed by atoms with E-state index in [1.54, 1.807) is 12.4 Å². The van der Waals surface area contributed by atoms with Gasteiger partial charge in [-0.25, -0.2) is 9.98 Å². The van der Waals surface area contributed by atoms with E-state index in [1.165, 1.54) is 18.4 Å². The molecule has 0 spiro atoms. The average molecular weight is 400 g/mol. The first-order valence-corrected chi connectivity index (χ1v) is 10.3. The van der Waals surface area contributed by atoms with Gasteiger partial charge in [0.25, 0.3) is 0 Å². The number of nitrogens with one attached hydrogen (secondary N) is 2. The number of aliphatic imine (C=N–C) groups is 1. The average Bonchev–Trinajstić information content (AvgIpc) is 3.50. The Hall–Kier alpha value is -3.45. The van der Waals surface area contributed by atoms with Crippen LogP contribution in [0.5, 0.6) is 5.88 Å². The van der Waals surface area contributed by atoms with Crippen molar-refractivity contribution < 1.29 is 5.11 Å². The van der Waals surface area contributed by atoms with E-state index in [9.17, 15) is 5.11 Å². The van der Waals surface area contributed by atoms with Crippen molar-refractivity contribution in [3.8, 4) is 5.88 Å². The minimum atomic E-state index is -0.0382. The number of H-pyrrole nitrogens is 1. The highest BCUT2D eigenvalue weighted by molar-refractivity contribution is 6.20. The molecule has 3 N–H and O–H groups in total. The Labute approximate surface area is 175 Å². The smallest absolute Gasteiger partial charge is 0.238 e. The summed E-state index contributed by atoms with van der Waals surface area (Å²) in [6, 6.07) is 14.3. The molecule has 0 amide bonds. The number of rotatable bonds is 6. The van der Waals surface area contributed by atoms with Gasteiger partial charge in [0.2, 0.25) is 11.8 Å². The van der Waals surface area contributed by atoms with E-state index < -0.39 is 0 Å². The zero-order valence-electron chi connectivity index (χ0n) is 16.6. The molecular weight excluding hydrogens is 376 g/mol. The monoisotopic (exact) mass is 400 g/mol. The van der Waals surface area contributed by atoms with Gasteiger partial charge in [-0.15, -0.1) is 0 Å². The third-order valence-corrected chi connectivity index (χ3v) is 5.59. The highest BCUT2D eigenvalue weighted by atomic mass is 16.3. The summed E-state index contributed by atoms with van der Waals surface area (Å²) in [5.74, 6) is 1.20. The maximum Gasteiger partial charge on any atom is 0.238 e. The first-order chi connectivity index (χ1) is 14.8. The number of hydrogen-bond donors (Lipinski definition) is 3. The Bertz CT molecular complexity index is 1080. The van der Waals surface area contributed by atoms with E-state index in [-0.39, 0.29) is 11.9 Å². The second-order valence-corrected chi connectivity index (χ2v) is 7.67. The first kappa shape index (κ1) is 18.6. The highest BCUT2D eigenvalue weighted by Crippen LogP contribution is 2.32. The third-order valence-electron chi connectivity index (χ3n) is 5.59. The fourth-order valence-electron chi connectivity index (χ4n) is 4.05. The molecule has 0 saturated carbocycles. The second kappa shape index (κ2) is 8.12. The van der Waals surface area contributed by atoms with Crippen molar-refractivity contribution in [1.29, 1.82) is 0 Å². The molecule has 152 valence electrons. The van der Waals surface area contributed by atoms with Crippen molar-refractivity contribution in [3.05, 3.63) is 65.5 Å². The van der Waals surface area contributed by atoms with Crippen molar-refractivity contribution in [2.24, 2.45) is 4.99 Å². The van der Waals surface area contributed by atoms with Crippen LogP contribution in [0, 0.1) is 0 Å². The van der Waals surface area contributed by atoms with E-state index in [4.69, 9.17) is 0 Å². The molecule has 7 nitrogen and oxygen atoms in total. The van der Waals surface area contributed by atoms with Crippen LogP contribution in [0.15, 0.2) is 53.7 Å². The number of imidazole rings is 1. The van der Waals surface area contributed by atoms with Gasteiger partial charge in [0, 0.05) is 30.1 Å². The molecule has 1 atom stereocenters. The van der Waals surface area contributed by atoms with Gasteiger partial charge in [0.15, 0.2) is 5.82 Å². The van der Waals surface area contributed by atoms with E-state index in [1.807, 2.05) is 36.4 Å². The lowest BCUT2D eigenvalue weighted by Gasteiger charge is -2.24. The normalized spacial score (nSPS) is 18.1. The lowest BCUT2D eigenvalue weighted by Crippen LogP contribution is -2.29. The van der Waals surface area contributed by atoms with Gasteiger partial charge in [-0.3, -0.25) is 0 Å². The van der Waals surface area contributed by atoms with Crippen molar-refractivity contribution in [2.75, 3.05) is 25.0 Å². The number of allylic oxidation sites excluding steroid dienone is 1. The number of fused-ring (bicyclic) bond motifs is 1. The predicted molar refractivity (Wildman–Crippen MR) is 119 cm³/mol. The van der Waals surface area contributed by atoms with E-state index >= 15 is 0 Å². The fourth-order valence-corrected chi connectivity index (χ4v) is 4.05. The van der Waals surface area contributed by atoms with Gasteiger partial charge >= 0.3 is 0 Å². The topological polar surface area (TPSA) is 89.4 Å². The Kier molecular flexibility index (Phi) is 5.03. The van der Waals surface area contributed by atoms with Crippen molar-refractivity contribution in [2.45, 2.75) is 18.9 Å². The maximum atomic E-state index is 10.4. The van der Waals surface area contributed by atoms with E-state index in [0.29, 0.717) is 17.5 Å². The molecule has 5 rings (SSSR count). The Morgan fingerprint density at radius 3 is 2.80 bits per heavy atom. The first-order valence-electron chi connectivity index (χ1n) is 10.3. The van der Waals surface area contributed by atoms with Crippen molar-refractivity contribution in [3.63, 3.8) is 0 Å². The molecule has 2 aromatic heterocycles. The van der Waals surface area contributed by atoms with Crippen LogP contribution in [-0.2, 0) is 0 Å². The van der Waals surface area contributed by atoms with Gasteiger partial charge < -0.3 is 20.3 Å². The van der Waals surface area contributed by atoms with E-state index in [0.717, 1.165) is 30.8 Å². The number of aromatic nitrogens is 3. The minimum absolute atomic E-state index is 0.0382. The molecule has 0 aliphatic carbocycles. The summed E-state index contributed by atoms with van der Waals surface area (Å²) in [6.07, 6.45) is 7.82. The number of nitrogens with zero attached hydrogens (tertiary/aromatic N) is 4. The molecule has 2 aliphatic rings. The van der Waals surface area contributed by atoms with Crippen LogP contribution in [0.4, 0.5) is 11.8 Å². The molecule has 0 unspecified atom stereocenters. The Morgan fingerprint density at radius 2 is 1.97 bits per heavy atom. The van der Waals surface area contributed by atoms with Gasteiger partial charge in [-0.1, -0.05) is 30.3 Å². The quantitative estimate of drug-likeness (QED) is 0.582. The molecule has 0 bridgehead atoms. The molecule has 30 heavy (non-hydrogen) atoms. The summed E-state index contributed by atoms with van der Waals surface area (Å²) in [5.41, 5.74) is 3.57. The number of aromatic amines is 1. The summed E-state index contributed by atoms with van der Waals surface area (Å²) < 4.78 is 0. The van der Waals surface area contributed by atoms with Crippen LogP contribution in [0.2, 0.25) is 0 Å². The maximum absolute atomic E-state index is 10.4. The molecular formula is C23H24N6O. The predicted octanol–water partition coefficient (Wildman–Crippen LogP) is 4.02. The molecule has 3 aromatic rings. The summed E-state index contributed by atoms with van der Waals surface area (Å²) in [4.78, 5) is 18.6. The number of likely N-dealkylation sites (tertiary alicyclic amines) is 1. The van der Waals surface area contributed by atoms with Gasteiger partial charge in [-0.05, 0) is 49.7 Å². The van der Waals surface area contributed by atoms with Crippen LogP contribution < -0.4 is 5.32 Å². The number of pyridine rings is 1. The van der Waals surface area contributed by atoms with Gasteiger partial charge in [0.1, 0.15) is 5.69 Å². The molecule has 1 aromatic carbocycles. The molecule has 7 heteroatoms. The SMILES string of the molecule is Oc1nc(N[C@H](CN2CCCC2)c2ccccc2)[nH]c1C=C1C=Nc2ncccc21. The Morgan fingerprint density at radius 1 is 1.13 bits per heavy atom. The molecule has 0 radical (unpaired) electrons.